The van der Waals surface area contributed by atoms with Crippen molar-refractivity contribution in [2.75, 3.05) is 11.9 Å². The molecule has 2 aromatic carbocycles. The van der Waals surface area contributed by atoms with E-state index in [0.29, 0.717) is 18.4 Å². The van der Waals surface area contributed by atoms with Crippen LogP contribution in [0.15, 0.2) is 42.5 Å². The molecule has 1 saturated heterocycles. The number of amides is 4. The maximum atomic E-state index is 13.6. The van der Waals surface area contributed by atoms with Gasteiger partial charge in [0.15, 0.2) is 0 Å². The van der Waals surface area contributed by atoms with E-state index in [0.717, 1.165) is 16.0 Å². The molecule has 1 heterocycles. The molecule has 0 radical (unpaired) electrons. The first-order valence-corrected chi connectivity index (χ1v) is 8.69. The number of rotatable bonds is 3. The van der Waals surface area contributed by atoms with Crippen molar-refractivity contribution in [2.24, 2.45) is 0 Å². The highest BCUT2D eigenvalue weighted by Crippen LogP contribution is 2.41. The SMILES string of the molecule is Cc1ccc(NC(=O)CN2C(=O)N[C@]3(CCc4ccccc43)C2=O)cc1F. The van der Waals surface area contributed by atoms with Crippen LogP contribution >= 0.6 is 0 Å². The summed E-state index contributed by atoms with van der Waals surface area (Å²) in [5, 5.41) is 5.29. The number of hydrogen-bond acceptors (Lipinski definition) is 3. The zero-order chi connectivity index (χ0) is 19.2. The minimum Gasteiger partial charge on any atom is -0.324 e. The molecule has 1 aliphatic carbocycles. The van der Waals surface area contributed by atoms with Gasteiger partial charge >= 0.3 is 6.03 Å². The number of hydrogen-bond donors (Lipinski definition) is 2. The average molecular weight is 367 g/mol. The molecule has 1 atom stereocenters. The number of urea groups is 1. The van der Waals surface area contributed by atoms with Gasteiger partial charge in [0.1, 0.15) is 17.9 Å². The van der Waals surface area contributed by atoms with Crippen LogP contribution in [0.3, 0.4) is 0 Å². The van der Waals surface area contributed by atoms with Gasteiger partial charge in [0, 0.05) is 5.69 Å². The van der Waals surface area contributed by atoms with Gasteiger partial charge in [-0.25, -0.2) is 9.18 Å². The second kappa shape index (κ2) is 6.19. The minimum atomic E-state index is -1.09. The number of carbonyl (C=O) groups excluding carboxylic acids is 3. The first-order chi connectivity index (χ1) is 12.9. The van der Waals surface area contributed by atoms with Crippen molar-refractivity contribution in [1.82, 2.24) is 10.2 Å². The lowest BCUT2D eigenvalue weighted by Crippen LogP contribution is -2.43. The summed E-state index contributed by atoms with van der Waals surface area (Å²) in [5.74, 6) is -1.43. The second-order valence-electron chi connectivity index (χ2n) is 6.90. The Balaban J connectivity index is 1.52. The zero-order valence-corrected chi connectivity index (χ0v) is 14.7. The van der Waals surface area contributed by atoms with Gasteiger partial charge in [0.05, 0.1) is 0 Å². The van der Waals surface area contributed by atoms with Crippen molar-refractivity contribution in [3.63, 3.8) is 0 Å². The van der Waals surface area contributed by atoms with E-state index < -0.39 is 35.7 Å². The van der Waals surface area contributed by atoms with Crippen molar-refractivity contribution in [3.8, 4) is 0 Å². The van der Waals surface area contributed by atoms with Gasteiger partial charge in [-0.15, -0.1) is 0 Å². The highest BCUT2D eigenvalue weighted by molar-refractivity contribution is 6.10. The quantitative estimate of drug-likeness (QED) is 0.818. The van der Waals surface area contributed by atoms with Gasteiger partial charge in [0.2, 0.25) is 5.91 Å². The van der Waals surface area contributed by atoms with Crippen molar-refractivity contribution >= 4 is 23.5 Å². The highest BCUT2D eigenvalue weighted by Gasteiger charge is 2.55. The topological polar surface area (TPSA) is 78.5 Å². The number of nitrogens with one attached hydrogen (secondary N) is 2. The lowest BCUT2D eigenvalue weighted by atomic mass is 9.92. The number of carbonyl (C=O) groups is 3. The third-order valence-corrected chi connectivity index (χ3v) is 5.18. The minimum absolute atomic E-state index is 0.274. The number of imide groups is 1. The first kappa shape index (κ1) is 17.2. The van der Waals surface area contributed by atoms with Crippen molar-refractivity contribution in [2.45, 2.75) is 25.3 Å². The molecule has 2 aromatic rings. The molecular weight excluding hydrogens is 349 g/mol. The Labute approximate surface area is 155 Å². The third-order valence-electron chi connectivity index (χ3n) is 5.18. The van der Waals surface area contributed by atoms with Gasteiger partial charge in [-0.3, -0.25) is 14.5 Å². The lowest BCUT2D eigenvalue weighted by Gasteiger charge is -2.22. The summed E-state index contributed by atoms with van der Waals surface area (Å²) in [5.41, 5.74) is 1.45. The predicted octanol–water partition coefficient (Wildman–Crippen LogP) is 2.47. The fourth-order valence-electron chi connectivity index (χ4n) is 3.75. The maximum Gasteiger partial charge on any atom is 0.325 e. The summed E-state index contributed by atoms with van der Waals surface area (Å²) >= 11 is 0. The van der Waals surface area contributed by atoms with Gasteiger partial charge in [-0.2, -0.15) is 0 Å². The number of anilines is 1. The summed E-state index contributed by atoms with van der Waals surface area (Å²) in [7, 11) is 0. The number of nitrogens with zero attached hydrogens (tertiary/aromatic N) is 1. The molecule has 1 fully saturated rings. The molecule has 27 heavy (non-hydrogen) atoms. The highest BCUT2D eigenvalue weighted by atomic mass is 19.1. The molecule has 4 rings (SSSR count). The van der Waals surface area contributed by atoms with Crippen molar-refractivity contribution in [1.29, 1.82) is 0 Å². The van der Waals surface area contributed by atoms with Crippen molar-refractivity contribution < 1.29 is 18.8 Å². The molecule has 2 N–H and O–H groups in total. The van der Waals surface area contributed by atoms with Gasteiger partial charge in [0.25, 0.3) is 5.91 Å². The summed E-state index contributed by atoms with van der Waals surface area (Å²) in [6.45, 7) is 1.19. The molecule has 1 spiro atoms. The molecule has 138 valence electrons. The number of benzene rings is 2. The van der Waals surface area contributed by atoms with E-state index in [1.807, 2.05) is 24.3 Å². The van der Waals surface area contributed by atoms with E-state index in [2.05, 4.69) is 10.6 Å². The Hall–Kier alpha value is -3.22. The standard InChI is InChI=1S/C20H18FN3O3/c1-12-6-7-14(10-16(12)21)22-17(25)11-24-18(26)20(23-19(24)27)9-8-13-4-2-3-5-15(13)20/h2-7,10H,8-9,11H2,1H3,(H,22,25)(H,23,27)/t20-/m0/s1. The Morgan fingerprint density at radius 2 is 2.04 bits per heavy atom. The Kier molecular flexibility index (Phi) is 3.95. The largest absolute Gasteiger partial charge is 0.325 e. The molecule has 0 aromatic heterocycles. The van der Waals surface area contributed by atoms with E-state index >= 15 is 0 Å². The van der Waals surface area contributed by atoms with Gasteiger partial charge in [-0.1, -0.05) is 30.3 Å². The zero-order valence-electron chi connectivity index (χ0n) is 14.7. The van der Waals surface area contributed by atoms with Crippen LogP contribution in [0.25, 0.3) is 0 Å². The van der Waals surface area contributed by atoms with E-state index in [1.165, 1.54) is 6.07 Å². The molecule has 4 amide bonds. The molecule has 0 bridgehead atoms. The van der Waals surface area contributed by atoms with Gasteiger partial charge in [-0.05, 0) is 48.6 Å². The molecular formula is C20H18FN3O3. The summed E-state index contributed by atoms with van der Waals surface area (Å²) in [6.07, 6.45) is 1.16. The molecule has 6 nitrogen and oxygen atoms in total. The molecule has 0 saturated carbocycles. The lowest BCUT2D eigenvalue weighted by molar-refractivity contribution is -0.134. The molecule has 7 heteroatoms. The second-order valence-corrected chi connectivity index (χ2v) is 6.90. The van der Waals surface area contributed by atoms with Gasteiger partial charge < -0.3 is 10.6 Å². The van der Waals surface area contributed by atoms with Crippen LogP contribution in [0.4, 0.5) is 14.9 Å². The molecule has 0 unspecified atom stereocenters. The summed E-state index contributed by atoms with van der Waals surface area (Å²) < 4.78 is 13.6. The first-order valence-electron chi connectivity index (χ1n) is 8.69. The predicted molar refractivity (Wildman–Crippen MR) is 96.5 cm³/mol. The van der Waals surface area contributed by atoms with E-state index in [-0.39, 0.29) is 5.69 Å². The monoisotopic (exact) mass is 367 g/mol. The Bertz CT molecular complexity index is 975. The summed E-state index contributed by atoms with van der Waals surface area (Å²) in [4.78, 5) is 38.6. The molecule has 2 aliphatic rings. The van der Waals surface area contributed by atoms with Crippen LogP contribution < -0.4 is 10.6 Å². The fourth-order valence-corrected chi connectivity index (χ4v) is 3.75. The Morgan fingerprint density at radius 3 is 2.81 bits per heavy atom. The summed E-state index contributed by atoms with van der Waals surface area (Å²) in [6, 6.07) is 11.2. The number of halogens is 1. The smallest absolute Gasteiger partial charge is 0.324 e. The van der Waals surface area contributed by atoms with Crippen LogP contribution in [0.5, 0.6) is 0 Å². The maximum absolute atomic E-state index is 13.6. The van der Waals surface area contributed by atoms with Crippen LogP contribution in [0.1, 0.15) is 23.1 Å². The van der Waals surface area contributed by atoms with E-state index in [4.69, 9.17) is 0 Å². The molecule has 1 aliphatic heterocycles. The number of fused-ring (bicyclic) bond motifs is 2. The normalized spacial score (nSPS) is 20.7. The van der Waals surface area contributed by atoms with Crippen LogP contribution in [-0.4, -0.2) is 29.3 Å². The van der Waals surface area contributed by atoms with Crippen LogP contribution in [-0.2, 0) is 21.5 Å². The fraction of sp³-hybridized carbons (Fsp3) is 0.250. The van der Waals surface area contributed by atoms with Crippen LogP contribution in [0, 0.1) is 12.7 Å². The van der Waals surface area contributed by atoms with E-state index in [1.54, 1.807) is 19.1 Å². The van der Waals surface area contributed by atoms with Crippen LogP contribution in [0.2, 0.25) is 0 Å². The van der Waals surface area contributed by atoms with E-state index in [9.17, 15) is 18.8 Å². The van der Waals surface area contributed by atoms with Crippen molar-refractivity contribution in [3.05, 3.63) is 65.0 Å². The number of aryl methyl sites for hydroxylation is 2. The third kappa shape index (κ3) is 2.75. The average Bonchev–Trinajstić information content (AvgIpc) is 3.12. The Morgan fingerprint density at radius 1 is 1.26 bits per heavy atom.